The van der Waals surface area contributed by atoms with Crippen LogP contribution in [0.3, 0.4) is 0 Å². The first kappa shape index (κ1) is 14.5. The third kappa shape index (κ3) is 3.14. The number of hydrogen-bond acceptors (Lipinski definition) is 4. The van der Waals surface area contributed by atoms with Gasteiger partial charge >= 0.3 is 5.97 Å². The normalized spacial score (nSPS) is 11.9. The Morgan fingerprint density at radius 1 is 1.45 bits per heavy atom. The van der Waals surface area contributed by atoms with E-state index in [2.05, 4.69) is 5.32 Å². The number of furan rings is 1. The summed E-state index contributed by atoms with van der Waals surface area (Å²) in [4.78, 5) is 11.5. The molecule has 0 saturated heterocycles. The molecule has 2 rings (SSSR count). The zero-order valence-electron chi connectivity index (χ0n) is 11.4. The Kier molecular flexibility index (Phi) is 4.69. The highest BCUT2D eigenvalue weighted by Gasteiger charge is 2.15. The second-order valence-electron chi connectivity index (χ2n) is 4.31. The van der Waals surface area contributed by atoms with Crippen molar-refractivity contribution in [2.45, 2.75) is 19.4 Å². The molecule has 1 N–H and O–H groups in total. The van der Waals surface area contributed by atoms with Gasteiger partial charge in [0.2, 0.25) is 0 Å². The number of benzene rings is 1. The zero-order chi connectivity index (χ0) is 14.5. The lowest BCUT2D eigenvalue weighted by atomic mass is 10.1. The van der Waals surface area contributed by atoms with E-state index in [0.717, 1.165) is 12.2 Å². The maximum absolute atomic E-state index is 11.5. The molecule has 1 heterocycles. The fourth-order valence-electron chi connectivity index (χ4n) is 1.93. The number of rotatable bonds is 5. The highest BCUT2D eigenvalue weighted by atomic mass is 35.5. The summed E-state index contributed by atoms with van der Waals surface area (Å²) in [7, 11) is 1.35. The van der Waals surface area contributed by atoms with Crippen LogP contribution < -0.4 is 5.32 Å². The Balaban J connectivity index is 2.25. The van der Waals surface area contributed by atoms with Crippen molar-refractivity contribution >= 4 is 23.3 Å². The summed E-state index contributed by atoms with van der Waals surface area (Å²) in [5.41, 5.74) is 1.13. The van der Waals surface area contributed by atoms with E-state index < -0.39 is 5.97 Å². The minimum atomic E-state index is -0.393. The van der Waals surface area contributed by atoms with Gasteiger partial charge in [0.15, 0.2) is 0 Å². The van der Waals surface area contributed by atoms with Crippen LogP contribution in [0.5, 0.6) is 0 Å². The topological polar surface area (TPSA) is 51.5 Å². The van der Waals surface area contributed by atoms with Crippen molar-refractivity contribution in [1.82, 2.24) is 0 Å². The summed E-state index contributed by atoms with van der Waals surface area (Å²) in [6.07, 6.45) is 2.46. The van der Waals surface area contributed by atoms with Crippen molar-refractivity contribution in [1.29, 1.82) is 0 Å². The summed E-state index contributed by atoms with van der Waals surface area (Å²) in [5, 5.41) is 3.83. The van der Waals surface area contributed by atoms with Gasteiger partial charge in [-0.3, -0.25) is 0 Å². The molecule has 0 saturated carbocycles. The smallest absolute Gasteiger partial charge is 0.337 e. The summed E-state index contributed by atoms with van der Waals surface area (Å²) < 4.78 is 10.1. The van der Waals surface area contributed by atoms with Gasteiger partial charge in [-0.2, -0.15) is 0 Å². The van der Waals surface area contributed by atoms with Gasteiger partial charge in [0.25, 0.3) is 0 Å². The van der Waals surface area contributed by atoms with Crippen LogP contribution in [0, 0.1) is 0 Å². The van der Waals surface area contributed by atoms with E-state index >= 15 is 0 Å². The molecule has 20 heavy (non-hydrogen) atoms. The van der Waals surface area contributed by atoms with E-state index in [-0.39, 0.29) is 6.04 Å². The summed E-state index contributed by atoms with van der Waals surface area (Å²) in [5.74, 6) is 0.433. The maximum atomic E-state index is 11.5. The molecule has 0 amide bonds. The number of carbonyl (C=O) groups is 1. The molecule has 2 aromatic rings. The highest BCUT2D eigenvalue weighted by molar-refractivity contribution is 6.33. The molecule has 5 heteroatoms. The SMILES string of the molecule is CCC(Nc1cc(C(=O)OC)ccc1Cl)c1ccco1. The number of carbonyl (C=O) groups excluding carboxylic acids is 1. The minimum Gasteiger partial charge on any atom is -0.467 e. The van der Waals surface area contributed by atoms with Gasteiger partial charge in [-0.05, 0) is 36.8 Å². The Morgan fingerprint density at radius 3 is 2.85 bits per heavy atom. The summed E-state index contributed by atoms with van der Waals surface area (Å²) in [6.45, 7) is 2.04. The van der Waals surface area contributed by atoms with E-state index in [1.807, 2.05) is 19.1 Å². The number of halogens is 1. The average molecular weight is 294 g/mol. The summed E-state index contributed by atoms with van der Waals surface area (Å²) in [6, 6.07) is 8.72. The molecule has 0 radical (unpaired) electrons. The molecule has 1 aromatic heterocycles. The fourth-order valence-corrected chi connectivity index (χ4v) is 2.10. The number of hydrogen-bond donors (Lipinski definition) is 1. The Bertz CT molecular complexity index is 581. The highest BCUT2D eigenvalue weighted by Crippen LogP contribution is 2.29. The van der Waals surface area contributed by atoms with Gasteiger partial charge in [-0.15, -0.1) is 0 Å². The third-order valence-electron chi connectivity index (χ3n) is 3.01. The second kappa shape index (κ2) is 6.48. The Morgan fingerprint density at radius 2 is 2.25 bits per heavy atom. The summed E-state index contributed by atoms with van der Waals surface area (Å²) >= 11 is 6.16. The van der Waals surface area contributed by atoms with Crippen molar-refractivity contribution in [3.8, 4) is 0 Å². The Hall–Kier alpha value is -1.94. The van der Waals surface area contributed by atoms with Crippen LogP contribution >= 0.6 is 11.6 Å². The molecule has 106 valence electrons. The van der Waals surface area contributed by atoms with Crippen molar-refractivity contribution in [2.75, 3.05) is 12.4 Å². The molecule has 1 aromatic carbocycles. The number of nitrogens with one attached hydrogen (secondary N) is 1. The van der Waals surface area contributed by atoms with Gasteiger partial charge in [-0.25, -0.2) is 4.79 Å². The molecule has 0 bridgehead atoms. The first-order chi connectivity index (χ1) is 9.65. The predicted octanol–water partition coefficient (Wildman–Crippen LogP) is 4.28. The van der Waals surface area contributed by atoms with Crippen LogP contribution in [0.1, 0.15) is 35.5 Å². The monoisotopic (exact) mass is 293 g/mol. The van der Waals surface area contributed by atoms with Crippen LogP contribution in [0.25, 0.3) is 0 Å². The zero-order valence-corrected chi connectivity index (χ0v) is 12.1. The lowest BCUT2D eigenvalue weighted by Gasteiger charge is -2.17. The van der Waals surface area contributed by atoms with Crippen molar-refractivity contribution < 1.29 is 13.9 Å². The number of esters is 1. The largest absolute Gasteiger partial charge is 0.467 e. The first-order valence-corrected chi connectivity index (χ1v) is 6.71. The number of ether oxygens (including phenoxy) is 1. The molecule has 1 atom stereocenters. The van der Waals surface area contributed by atoms with Crippen molar-refractivity contribution in [3.05, 3.63) is 52.9 Å². The third-order valence-corrected chi connectivity index (χ3v) is 3.34. The van der Waals surface area contributed by atoms with Crippen molar-refractivity contribution in [3.63, 3.8) is 0 Å². The molecule has 0 aliphatic rings. The van der Waals surface area contributed by atoms with Crippen LogP contribution in [0.2, 0.25) is 5.02 Å². The van der Waals surface area contributed by atoms with E-state index in [9.17, 15) is 4.79 Å². The number of methoxy groups -OCH3 is 1. The maximum Gasteiger partial charge on any atom is 0.337 e. The quantitative estimate of drug-likeness (QED) is 0.836. The van der Waals surface area contributed by atoms with Crippen LogP contribution in [-0.4, -0.2) is 13.1 Å². The standard InChI is InChI=1S/C15H16ClNO3/c1-3-12(14-5-4-8-20-14)17-13-9-10(15(18)19-2)6-7-11(13)16/h4-9,12,17H,3H2,1-2H3. The van der Waals surface area contributed by atoms with E-state index in [1.54, 1.807) is 24.5 Å². The van der Waals surface area contributed by atoms with Gasteiger partial charge in [0.1, 0.15) is 5.76 Å². The molecule has 4 nitrogen and oxygen atoms in total. The van der Waals surface area contributed by atoms with Crippen LogP contribution in [-0.2, 0) is 4.74 Å². The molecule has 0 fully saturated rings. The van der Waals surface area contributed by atoms with Gasteiger partial charge in [0.05, 0.1) is 35.7 Å². The lowest BCUT2D eigenvalue weighted by molar-refractivity contribution is 0.0601. The lowest BCUT2D eigenvalue weighted by Crippen LogP contribution is -2.10. The molecule has 0 aliphatic carbocycles. The van der Waals surface area contributed by atoms with Crippen molar-refractivity contribution in [2.24, 2.45) is 0 Å². The Labute approximate surface area is 122 Å². The van der Waals surface area contributed by atoms with E-state index in [0.29, 0.717) is 16.3 Å². The number of anilines is 1. The van der Waals surface area contributed by atoms with Gasteiger partial charge in [-0.1, -0.05) is 18.5 Å². The van der Waals surface area contributed by atoms with Gasteiger partial charge in [0, 0.05) is 0 Å². The molecule has 0 spiro atoms. The molecule has 0 aliphatic heterocycles. The van der Waals surface area contributed by atoms with Crippen LogP contribution in [0.15, 0.2) is 41.0 Å². The fraction of sp³-hybridized carbons (Fsp3) is 0.267. The van der Waals surface area contributed by atoms with Crippen LogP contribution in [0.4, 0.5) is 5.69 Å². The van der Waals surface area contributed by atoms with Gasteiger partial charge < -0.3 is 14.5 Å². The first-order valence-electron chi connectivity index (χ1n) is 6.33. The molecular formula is C15H16ClNO3. The predicted molar refractivity (Wildman–Crippen MR) is 78.2 cm³/mol. The van der Waals surface area contributed by atoms with E-state index in [4.69, 9.17) is 20.8 Å². The second-order valence-corrected chi connectivity index (χ2v) is 4.71. The van der Waals surface area contributed by atoms with E-state index in [1.165, 1.54) is 7.11 Å². The molecule has 1 unspecified atom stereocenters. The minimum absolute atomic E-state index is 0.00426. The molecular weight excluding hydrogens is 278 g/mol. The average Bonchev–Trinajstić information content (AvgIpc) is 2.99.